The molecule has 1 N–H and O–H groups in total. The first kappa shape index (κ1) is 15.7. The topological polar surface area (TPSA) is 56.7 Å². The fourth-order valence-corrected chi connectivity index (χ4v) is 1.78. The standard InChI is InChI=1S/C13H20ClN3O2/c1-13(2,19)9-17(4)12(18)8-16(3)11-6-5-10(14)7-15-11/h5-7,19H,8-9H2,1-4H3. The van der Waals surface area contributed by atoms with Gasteiger partial charge < -0.3 is 14.9 Å². The van der Waals surface area contributed by atoms with Crippen LogP contribution in [-0.2, 0) is 4.79 Å². The smallest absolute Gasteiger partial charge is 0.241 e. The molecule has 6 heteroatoms. The summed E-state index contributed by atoms with van der Waals surface area (Å²) in [5.41, 5.74) is -0.901. The molecule has 0 aliphatic rings. The maximum absolute atomic E-state index is 12.0. The highest BCUT2D eigenvalue weighted by atomic mass is 35.5. The largest absolute Gasteiger partial charge is 0.389 e. The molecule has 0 aliphatic carbocycles. The van der Waals surface area contributed by atoms with Gasteiger partial charge in [-0.05, 0) is 26.0 Å². The number of aromatic nitrogens is 1. The molecular weight excluding hydrogens is 266 g/mol. The molecule has 0 bridgehead atoms. The number of hydrogen-bond donors (Lipinski definition) is 1. The van der Waals surface area contributed by atoms with Crippen molar-refractivity contribution in [3.63, 3.8) is 0 Å². The van der Waals surface area contributed by atoms with Crippen LogP contribution in [0.25, 0.3) is 0 Å². The van der Waals surface area contributed by atoms with E-state index in [0.717, 1.165) is 0 Å². The van der Waals surface area contributed by atoms with E-state index in [-0.39, 0.29) is 19.0 Å². The Morgan fingerprint density at radius 1 is 1.42 bits per heavy atom. The van der Waals surface area contributed by atoms with Crippen LogP contribution in [0.5, 0.6) is 0 Å². The molecule has 1 aromatic heterocycles. The number of anilines is 1. The van der Waals surface area contributed by atoms with Crippen molar-refractivity contribution in [3.05, 3.63) is 23.4 Å². The van der Waals surface area contributed by atoms with Crippen molar-refractivity contribution in [3.8, 4) is 0 Å². The van der Waals surface area contributed by atoms with Crippen LogP contribution in [0.15, 0.2) is 18.3 Å². The highest BCUT2D eigenvalue weighted by Crippen LogP contribution is 2.13. The van der Waals surface area contributed by atoms with E-state index in [9.17, 15) is 9.90 Å². The summed E-state index contributed by atoms with van der Waals surface area (Å²) >= 11 is 5.76. The van der Waals surface area contributed by atoms with Gasteiger partial charge in [-0.25, -0.2) is 4.98 Å². The van der Waals surface area contributed by atoms with E-state index in [1.165, 1.54) is 4.90 Å². The van der Waals surface area contributed by atoms with Crippen molar-refractivity contribution < 1.29 is 9.90 Å². The number of halogens is 1. The number of carbonyl (C=O) groups is 1. The second kappa shape index (κ2) is 6.21. The molecule has 0 fully saturated rings. The van der Waals surface area contributed by atoms with Crippen LogP contribution < -0.4 is 4.90 Å². The van der Waals surface area contributed by atoms with Crippen LogP contribution in [0, 0.1) is 0 Å². The van der Waals surface area contributed by atoms with E-state index in [0.29, 0.717) is 10.8 Å². The first-order chi connectivity index (χ1) is 8.69. The molecule has 1 amide bonds. The predicted octanol–water partition coefficient (Wildman–Crippen LogP) is 1.40. The van der Waals surface area contributed by atoms with E-state index < -0.39 is 5.60 Å². The summed E-state index contributed by atoms with van der Waals surface area (Å²) in [6.45, 7) is 3.82. The quantitative estimate of drug-likeness (QED) is 0.888. The number of nitrogens with zero attached hydrogens (tertiary/aromatic N) is 3. The molecule has 19 heavy (non-hydrogen) atoms. The second-order valence-electron chi connectivity index (χ2n) is 5.25. The van der Waals surface area contributed by atoms with Crippen molar-refractivity contribution >= 4 is 23.3 Å². The van der Waals surface area contributed by atoms with Crippen LogP contribution >= 0.6 is 11.6 Å². The molecule has 0 unspecified atom stereocenters. The minimum Gasteiger partial charge on any atom is -0.389 e. The van der Waals surface area contributed by atoms with Crippen molar-refractivity contribution in [1.29, 1.82) is 0 Å². The maximum Gasteiger partial charge on any atom is 0.241 e. The number of pyridine rings is 1. The van der Waals surface area contributed by atoms with Crippen LogP contribution in [0.3, 0.4) is 0 Å². The van der Waals surface area contributed by atoms with E-state index in [1.54, 1.807) is 51.2 Å². The molecule has 0 saturated carbocycles. The predicted molar refractivity (Wildman–Crippen MR) is 76.5 cm³/mol. The molecule has 1 rings (SSSR count). The lowest BCUT2D eigenvalue weighted by Gasteiger charge is -2.27. The Labute approximate surface area is 118 Å². The third-order valence-corrected chi connectivity index (χ3v) is 2.75. The molecule has 0 aliphatic heterocycles. The Morgan fingerprint density at radius 2 is 2.05 bits per heavy atom. The van der Waals surface area contributed by atoms with Gasteiger partial charge in [-0.15, -0.1) is 0 Å². The van der Waals surface area contributed by atoms with E-state index in [1.807, 2.05) is 0 Å². The summed E-state index contributed by atoms with van der Waals surface area (Å²) in [5.74, 6) is 0.593. The number of amides is 1. The molecule has 1 heterocycles. The Kier molecular flexibility index (Phi) is 5.14. The number of rotatable bonds is 5. The first-order valence-electron chi connectivity index (χ1n) is 5.98. The van der Waals surface area contributed by atoms with E-state index >= 15 is 0 Å². The lowest BCUT2D eigenvalue weighted by atomic mass is 10.1. The van der Waals surface area contributed by atoms with Crippen LogP contribution in [0.4, 0.5) is 5.82 Å². The molecule has 0 spiro atoms. The molecule has 0 atom stereocenters. The third kappa shape index (κ3) is 5.44. The summed E-state index contributed by atoms with van der Waals surface area (Å²) < 4.78 is 0. The fourth-order valence-electron chi connectivity index (χ4n) is 1.67. The van der Waals surface area contributed by atoms with Crippen molar-refractivity contribution in [2.45, 2.75) is 19.4 Å². The minimum atomic E-state index is -0.901. The molecule has 106 valence electrons. The molecule has 0 aromatic carbocycles. The van der Waals surface area contributed by atoms with Gasteiger partial charge in [0.1, 0.15) is 5.82 Å². The first-order valence-corrected chi connectivity index (χ1v) is 6.36. The van der Waals surface area contributed by atoms with Gasteiger partial charge in [0.05, 0.1) is 17.2 Å². The Morgan fingerprint density at radius 3 is 2.53 bits per heavy atom. The zero-order chi connectivity index (χ0) is 14.6. The van der Waals surface area contributed by atoms with Gasteiger partial charge in [-0.2, -0.15) is 0 Å². The van der Waals surface area contributed by atoms with Gasteiger partial charge in [-0.1, -0.05) is 11.6 Å². The van der Waals surface area contributed by atoms with Gasteiger partial charge in [-0.3, -0.25) is 4.79 Å². The number of aliphatic hydroxyl groups is 1. The maximum atomic E-state index is 12.0. The highest BCUT2D eigenvalue weighted by Gasteiger charge is 2.20. The molecule has 0 radical (unpaired) electrons. The summed E-state index contributed by atoms with van der Waals surface area (Å²) in [4.78, 5) is 19.4. The van der Waals surface area contributed by atoms with Crippen LogP contribution in [0.2, 0.25) is 5.02 Å². The summed E-state index contributed by atoms with van der Waals surface area (Å²) in [6.07, 6.45) is 1.54. The number of hydrogen-bond acceptors (Lipinski definition) is 4. The highest BCUT2D eigenvalue weighted by molar-refractivity contribution is 6.30. The lowest BCUT2D eigenvalue weighted by Crippen LogP contribution is -2.43. The van der Waals surface area contributed by atoms with Gasteiger partial charge in [0.25, 0.3) is 0 Å². The second-order valence-corrected chi connectivity index (χ2v) is 5.69. The van der Waals surface area contributed by atoms with Crippen LogP contribution in [-0.4, -0.2) is 53.7 Å². The molecule has 1 aromatic rings. The average molecular weight is 286 g/mol. The van der Waals surface area contributed by atoms with E-state index in [4.69, 9.17) is 11.6 Å². The van der Waals surface area contributed by atoms with Gasteiger partial charge in [0, 0.05) is 26.8 Å². The van der Waals surface area contributed by atoms with Crippen molar-refractivity contribution in [2.24, 2.45) is 0 Å². The Hall–Kier alpha value is -1.33. The molecular formula is C13H20ClN3O2. The number of carbonyl (C=O) groups excluding carboxylic acids is 1. The molecule has 0 saturated heterocycles. The minimum absolute atomic E-state index is 0.0821. The summed E-state index contributed by atoms with van der Waals surface area (Å²) in [7, 11) is 3.45. The molecule has 5 nitrogen and oxygen atoms in total. The number of likely N-dealkylation sites (N-methyl/N-ethyl adjacent to an activating group) is 2. The normalized spacial score (nSPS) is 11.3. The van der Waals surface area contributed by atoms with Gasteiger partial charge in [0.15, 0.2) is 0 Å². The average Bonchev–Trinajstić information content (AvgIpc) is 2.27. The van der Waals surface area contributed by atoms with Crippen molar-refractivity contribution in [1.82, 2.24) is 9.88 Å². The monoisotopic (exact) mass is 285 g/mol. The van der Waals surface area contributed by atoms with Crippen molar-refractivity contribution in [2.75, 3.05) is 32.1 Å². The zero-order valence-electron chi connectivity index (χ0n) is 11.7. The SMILES string of the molecule is CN(CC(C)(C)O)C(=O)CN(C)c1ccc(Cl)cn1. The lowest BCUT2D eigenvalue weighted by molar-refractivity contribution is -0.131. The van der Waals surface area contributed by atoms with E-state index in [2.05, 4.69) is 4.98 Å². The van der Waals surface area contributed by atoms with Crippen LogP contribution in [0.1, 0.15) is 13.8 Å². The van der Waals surface area contributed by atoms with Gasteiger partial charge in [0.2, 0.25) is 5.91 Å². The Bertz CT molecular complexity index is 429. The third-order valence-electron chi connectivity index (χ3n) is 2.53. The Balaban J connectivity index is 2.59. The summed E-state index contributed by atoms with van der Waals surface area (Å²) in [6, 6.07) is 3.48. The van der Waals surface area contributed by atoms with Gasteiger partial charge >= 0.3 is 0 Å². The zero-order valence-corrected chi connectivity index (χ0v) is 12.5. The fraction of sp³-hybridized carbons (Fsp3) is 0.538. The summed E-state index contributed by atoms with van der Waals surface area (Å²) in [5, 5.41) is 10.2.